The highest BCUT2D eigenvalue weighted by atomic mass is 35.5. The smallest absolute Gasteiger partial charge is 0.243 e. The molecule has 1 aliphatic rings. The first-order valence-electron chi connectivity index (χ1n) is 7.97. The molecular weight excluding hydrogens is 318 g/mol. The summed E-state index contributed by atoms with van der Waals surface area (Å²) in [5, 5.41) is 3.83. The van der Waals surface area contributed by atoms with Crippen LogP contribution in [-0.2, 0) is 4.79 Å². The van der Waals surface area contributed by atoms with Gasteiger partial charge in [0.25, 0.3) is 0 Å². The van der Waals surface area contributed by atoms with Crippen molar-refractivity contribution in [3.63, 3.8) is 0 Å². The minimum Gasteiger partial charge on any atom is -0.339 e. The summed E-state index contributed by atoms with van der Waals surface area (Å²) in [5.74, 6) is 1.33. The second-order valence-electron chi connectivity index (χ2n) is 6.35. The van der Waals surface area contributed by atoms with Crippen LogP contribution in [0, 0.1) is 6.92 Å². The molecular formula is C15H28ClN5O2. The third-order valence-electron chi connectivity index (χ3n) is 4.31. The zero-order valence-electron chi connectivity index (χ0n) is 14.4. The molecule has 7 nitrogen and oxygen atoms in total. The Morgan fingerprint density at radius 2 is 2.00 bits per heavy atom. The third kappa shape index (κ3) is 4.65. The van der Waals surface area contributed by atoms with Crippen molar-refractivity contribution in [2.45, 2.75) is 52.1 Å². The van der Waals surface area contributed by atoms with E-state index in [-0.39, 0.29) is 24.4 Å². The Bertz CT molecular complexity index is 512. The van der Waals surface area contributed by atoms with E-state index in [0.717, 1.165) is 19.5 Å². The van der Waals surface area contributed by atoms with Gasteiger partial charge < -0.3 is 15.2 Å². The van der Waals surface area contributed by atoms with Crippen molar-refractivity contribution < 1.29 is 9.32 Å². The maximum absolute atomic E-state index is 12.5. The normalized spacial score (nSPS) is 19.8. The number of carbonyl (C=O) groups excluding carboxylic acids is 1. The summed E-state index contributed by atoms with van der Waals surface area (Å²) in [4.78, 5) is 20.9. The fraction of sp³-hybridized carbons (Fsp3) is 0.800. The van der Waals surface area contributed by atoms with Crippen molar-refractivity contribution >= 4 is 18.3 Å². The number of halogens is 1. The lowest BCUT2D eigenvalue weighted by Crippen LogP contribution is -2.58. The number of amides is 1. The Hall–Kier alpha value is -1.18. The second kappa shape index (κ2) is 8.08. The van der Waals surface area contributed by atoms with Crippen LogP contribution in [-0.4, -0.2) is 57.6 Å². The first-order chi connectivity index (χ1) is 10.3. The van der Waals surface area contributed by atoms with Crippen LogP contribution < -0.4 is 5.73 Å². The van der Waals surface area contributed by atoms with Gasteiger partial charge in [-0.2, -0.15) is 4.98 Å². The van der Waals surface area contributed by atoms with Gasteiger partial charge in [0.2, 0.25) is 11.8 Å². The number of aromatic nitrogens is 2. The Balaban J connectivity index is 0.00000264. The molecule has 1 aromatic heterocycles. The third-order valence-corrected chi connectivity index (χ3v) is 4.31. The highest BCUT2D eigenvalue weighted by Gasteiger charge is 2.34. The standard InChI is InChI=1S/C15H27N5O2.ClH/c1-5-6-15(4,16)14(21)20-9-7-19(8-10-20)11(2)13-17-12(3)18-22-13;/h11H,5-10,16H2,1-4H3;1H. The summed E-state index contributed by atoms with van der Waals surface area (Å²) in [5.41, 5.74) is 5.39. The van der Waals surface area contributed by atoms with E-state index in [1.165, 1.54) is 0 Å². The van der Waals surface area contributed by atoms with Gasteiger partial charge in [-0.15, -0.1) is 12.4 Å². The largest absolute Gasteiger partial charge is 0.339 e. The summed E-state index contributed by atoms with van der Waals surface area (Å²) in [6.45, 7) is 10.7. The lowest BCUT2D eigenvalue weighted by atomic mass is 9.95. The number of hydrogen-bond donors (Lipinski definition) is 1. The molecule has 0 aromatic carbocycles. The van der Waals surface area contributed by atoms with Gasteiger partial charge >= 0.3 is 0 Å². The lowest BCUT2D eigenvalue weighted by Gasteiger charge is -2.39. The lowest BCUT2D eigenvalue weighted by molar-refractivity contribution is -0.138. The van der Waals surface area contributed by atoms with Gasteiger partial charge in [0.1, 0.15) is 0 Å². The number of rotatable bonds is 5. The van der Waals surface area contributed by atoms with Crippen molar-refractivity contribution in [1.29, 1.82) is 0 Å². The van der Waals surface area contributed by atoms with Crippen LogP contribution in [0.5, 0.6) is 0 Å². The van der Waals surface area contributed by atoms with Crippen LogP contribution in [0.2, 0.25) is 0 Å². The minimum atomic E-state index is -0.758. The molecule has 0 aliphatic carbocycles. The van der Waals surface area contributed by atoms with Gasteiger partial charge in [-0.25, -0.2) is 0 Å². The first-order valence-corrected chi connectivity index (χ1v) is 7.97. The molecule has 2 unspecified atom stereocenters. The maximum atomic E-state index is 12.5. The van der Waals surface area contributed by atoms with Gasteiger partial charge in [-0.05, 0) is 27.2 Å². The van der Waals surface area contributed by atoms with E-state index in [9.17, 15) is 4.79 Å². The van der Waals surface area contributed by atoms with Crippen molar-refractivity contribution in [2.75, 3.05) is 26.2 Å². The van der Waals surface area contributed by atoms with Gasteiger partial charge in [-0.3, -0.25) is 9.69 Å². The van der Waals surface area contributed by atoms with E-state index in [1.807, 2.05) is 25.7 Å². The second-order valence-corrected chi connectivity index (χ2v) is 6.35. The fourth-order valence-electron chi connectivity index (χ4n) is 2.94. The SMILES string of the molecule is CCCC(C)(N)C(=O)N1CCN(C(C)c2nc(C)no2)CC1.Cl. The average molecular weight is 346 g/mol. The number of piperazine rings is 1. The van der Waals surface area contributed by atoms with E-state index < -0.39 is 5.54 Å². The zero-order valence-corrected chi connectivity index (χ0v) is 15.2. The quantitative estimate of drug-likeness (QED) is 0.870. The maximum Gasteiger partial charge on any atom is 0.243 e. The van der Waals surface area contributed by atoms with E-state index in [4.69, 9.17) is 10.3 Å². The minimum absolute atomic E-state index is 0. The predicted molar refractivity (Wildman–Crippen MR) is 90.4 cm³/mol. The summed E-state index contributed by atoms with van der Waals surface area (Å²) in [7, 11) is 0. The highest BCUT2D eigenvalue weighted by Crippen LogP contribution is 2.21. The molecule has 2 atom stereocenters. The fourth-order valence-corrected chi connectivity index (χ4v) is 2.94. The van der Waals surface area contributed by atoms with E-state index >= 15 is 0 Å². The highest BCUT2D eigenvalue weighted by molar-refractivity contribution is 5.86. The van der Waals surface area contributed by atoms with Crippen LogP contribution in [0.1, 0.15) is 51.4 Å². The zero-order chi connectivity index (χ0) is 16.3. The first kappa shape index (κ1) is 19.9. The molecule has 1 aliphatic heterocycles. The molecule has 1 saturated heterocycles. The molecule has 0 bridgehead atoms. The molecule has 2 rings (SSSR count). The number of nitrogens with two attached hydrogens (primary N) is 1. The molecule has 0 radical (unpaired) electrons. The number of nitrogens with zero attached hydrogens (tertiary/aromatic N) is 4. The Kier molecular flexibility index (Phi) is 6.98. The van der Waals surface area contributed by atoms with E-state index in [1.54, 1.807) is 0 Å². The van der Waals surface area contributed by atoms with Crippen LogP contribution in [0.25, 0.3) is 0 Å². The summed E-state index contributed by atoms with van der Waals surface area (Å²) >= 11 is 0. The molecule has 23 heavy (non-hydrogen) atoms. The Morgan fingerprint density at radius 3 is 2.48 bits per heavy atom. The molecule has 1 aromatic rings. The van der Waals surface area contributed by atoms with Crippen molar-refractivity contribution in [3.8, 4) is 0 Å². The van der Waals surface area contributed by atoms with Gasteiger partial charge in [0, 0.05) is 26.2 Å². The molecule has 2 N–H and O–H groups in total. The van der Waals surface area contributed by atoms with Gasteiger partial charge in [-0.1, -0.05) is 18.5 Å². The molecule has 1 amide bonds. The molecule has 132 valence electrons. The summed E-state index contributed by atoms with van der Waals surface area (Å²) in [6.07, 6.45) is 1.62. The number of aryl methyl sites for hydroxylation is 1. The van der Waals surface area contributed by atoms with Crippen molar-refractivity contribution in [3.05, 3.63) is 11.7 Å². The monoisotopic (exact) mass is 345 g/mol. The predicted octanol–water partition coefficient (Wildman–Crippen LogP) is 1.52. The van der Waals surface area contributed by atoms with E-state index in [0.29, 0.717) is 31.2 Å². The van der Waals surface area contributed by atoms with E-state index in [2.05, 4.69) is 22.0 Å². The molecule has 2 heterocycles. The van der Waals surface area contributed by atoms with Crippen LogP contribution in [0.4, 0.5) is 0 Å². The molecule has 0 saturated carbocycles. The molecule has 1 fully saturated rings. The van der Waals surface area contributed by atoms with Crippen molar-refractivity contribution in [1.82, 2.24) is 19.9 Å². The summed E-state index contributed by atoms with van der Waals surface area (Å²) < 4.78 is 5.24. The Morgan fingerprint density at radius 1 is 1.39 bits per heavy atom. The van der Waals surface area contributed by atoms with Crippen molar-refractivity contribution in [2.24, 2.45) is 5.73 Å². The average Bonchev–Trinajstić information content (AvgIpc) is 2.92. The van der Waals surface area contributed by atoms with Crippen LogP contribution in [0.3, 0.4) is 0 Å². The number of hydrogen-bond acceptors (Lipinski definition) is 6. The topological polar surface area (TPSA) is 88.5 Å². The number of carbonyl (C=O) groups is 1. The van der Waals surface area contributed by atoms with Gasteiger partial charge in [0.05, 0.1) is 11.6 Å². The molecule has 0 spiro atoms. The van der Waals surface area contributed by atoms with Crippen LogP contribution in [0.15, 0.2) is 4.52 Å². The van der Waals surface area contributed by atoms with Gasteiger partial charge in [0.15, 0.2) is 5.82 Å². The van der Waals surface area contributed by atoms with Crippen LogP contribution >= 0.6 is 12.4 Å². The Labute approximate surface area is 144 Å². The summed E-state index contributed by atoms with van der Waals surface area (Å²) in [6, 6.07) is 0.0679. The molecule has 8 heteroatoms.